The van der Waals surface area contributed by atoms with Gasteiger partial charge in [0.2, 0.25) is 5.91 Å². The number of benzene rings is 1. The molecule has 0 bridgehead atoms. The molecule has 1 fully saturated rings. The molecule has 4 N–H and O–H groups in total. The normalized spacial score (nSPS) is 16.8. The number of carbonyl (C=O) groups is 2. The topological polar surface area (TPSA) is 92.4 Å². The Hall–Kier alpha value is -2.04. The average Bonchev–Trinajstić information content (AvgIpc) is 2.40. The van der Waals surface area contributed by atoms with Crippen molar-refractivity contribution in [2.45, 2.75) is 44.9 Å². The molecule has 0 aliphatic heterocycles. The fraction of sp³-hybridized carbons (Fsp3) is 0.500. The number of rotatable bonds is 3. The zero-order chi connectivity index (χ0) is 15.2. The van der Waals surface area contributed by atoms with E-state index < -0.39 is 5.97 Å². The fourth-order valence-corrected chi connectivity index (χ4v) is 2.76. The summed E-state index contributed by atoms with van der Waals surface area (Å²) < 4.78 is 0. The molecule has 1 amide bonds. The molecule has 0 aromatic heterocycles. The van der Waals surface area contributed by atoms with Gasteiger partial charge in [0.1, 0.15) is 0 Å². The third-order valence-corrected chi connectivity index (χ3v) is 4.03. The van der Waals surface area contributed by atoms with E-state index >= 15 is 0 Å². The maximum absolute atomic E-state index is 12.3. The van der Waals surface area contributed by atoms with E-state index in [1.807, 2.05) is 0 Å². The zero-order valence-electron chi connectivity index (χ0n) is 12.1. The molecule has 0 heterocycles. The van der Waals surface area contributed by atoms with E-state index in [0.717, 1.165) is 25.7 Å². The highest BCUT2D eigenvalue weighted by molar-refractivity contribution is 5.97. The van der Waals surface area contributed by atoms with Crippen molar-refractivity contribution in [3.8, 4) is 0 Å². The molecule has 0 atom stereocenters. The molecule has 1 aliphatic carbocycles. The summed E-state index contributed by atoms with van der Waals surface area (Å²) in [5.74, 6) is -1.00. The van der Waals surface area contributed by atoms with Crippen LogP contribution in [0.1, 0.15) is 55.3 Å². The highest BCUT2D eigenvalue weighted by Crippen LogP contribution is 2.25. The molecule has 1 saturated carbocycles. The second kappa shape index (κ2) is 7.11. The number of hydrogen-bond donors (Lipinski definition) is 3. The number of aromatic carboxylic acids is 1. The van der Waals surface area contributed by atoms with Crippen LogP contribution in [-0.2, 0) is 4.79 Å². The first-order chi connectivity index (χ1) is 10.1. The van der Waals surface area contributed by atoms with Gasteiger partial charge in [-0.05, 0) is 31.0 Å². The van der Waals surface area contributed by atoms with Gasteiger partial charge in [0.15, 0.2) is 0 Å². The summed E-state index contributed by atoms with van der Waals surface area (Å²) in [6.07, 6.45) is 7.66. The maximum atomic E-state index is 12.3. The molecule has 2 rings (SSSR count). The standard InChI is InChI=1S/C16H22N2O3/c17-13-10-12(16(20)21)8-9-14(13)18-15(19)11-6-4-2-1-3-5-7-11/h8-11H,1-7,17H2,(H,18,19)(H,20,21). The van der Waals surface area contributed by atoms with E-state index in [1.165, 1.54) is 31.4 Å². The van der Waals surface area contributed by atoms with Crippen LogP contribution in [0.2, 0.25) is 0 Å². The highest BCUT2D eigenvalue weighted by atomic mass is 16.4. The fourth-order valence-electron chi connectivity index (χ4n) is 2.76. The number of amides is 1. The van der Waals surface area contributed by atoms with Gasteiger partial charge in [-0.2, -0.15) is 0 Å². The number of nitrogen functional groups attached to an aromatic ring is 1. The molecule has 1 aliphatic rings. The van der Waals surface area contributed by atoms with Crippen LogP contribution >= 0.6 is 0 Å². The lowest BCUT2D eigenvalue weighted by Gasteiger charge is -2.19. The monoisotopic (exact) mass is 290 g/mol. The van der Waals surface area contributed by atoms with Crippen molar-refractivity contribution in [3.63, 3.8) is 0 Å². The number of hydrogen-bond acceptors (Lipinski definition) is 3. The molecule has 114 valence electrons. The summed E-state index contributed by atoms with van der Waals surface area (Å²) in [6.45, 7) is 0. The summed E-state index contributed by atoms with van der Waals surface area (Å²) in [6, 6.07) is 4.38. The van der Waals surface area contributed by atoms with Crippen LogP contribution in [0.5, 0.6) is 0 Å². The minimum atomic E-state index is -1.03. The molecule has 0 unspecified atom stereocenters. The summed E-state index contributed by atoms with van der Waals surface area (Å²) >= 11 is 0. The Morgan fingerprint density at radius 1 is 1.10 bits per heavy atom. The van der Waals surface area contributed by atoms with Gasteiger partial charge in [-0.3, -0.25) is 4.79 Å². The first-order valence-electron chi connectivity index (χ1n) is 7.51. The molecule has 0 spiro atoms. The van der Waals surface area contributed by atoms with Crippen molar-refractivity contribution in [2.75, 3.05) is 11.1 Å². The summed E-state index contributed by atoms with van der Waals surface area (Å²) in [7, 11) is 0. The second-order valence-electron chi connectivity index (χ2n) is 5.64. The molecule has 5 nitrogen and oxygen atoms in total. The molecular weight excluding hydrogens is 268 g/mol. The number of carboxylic acids is 1. The van der Waals surface area contributed by atoms with Crippen LogP contribution in [0.25, 0.3) is 0 Å². The van der Waals surface area contributed by atoms with E-state index in [9.17, 15) is 9.59 Å². The molecule has 0 saturated heterocycles. The lowest BCUT2D eigenvalue weighted by molar-refractivity contribution is -0.120. The Kier molecular flexibility index (Phi) is 5.20. The predicted molar refractivity (Wildman–Crippen MR) is 82.3 cm³/mol. The van der Waals surface area contributed by atoms with Gasteiger partial charge in [0.25, 0.3) is 0 Å². The number of nitrogens with one attached hydrogen (secondary N) is 1. The van der Waals surface area contributed by atoms with Crippen LogP contribution < -0.4 is 11.1 Å². The Morgan fingerprint density at radius 2 is 1.71 bits per heavy atom. The van der Waals surface area contributed by atoms with E-state index in [-0.39, 0.29) is 23.1 Å². The van der Waals surface area contributed by atoms with Crippen LogP contribution in [0, 0.1) is 5.92 Å². The lowest BCUT2D eigenvalue weighted by atomic mass is 9.90. The van der Waals surface area contributed by atoms with Crippen molar-refractivity contribution in [3.05, 3.63) is 23.8 Å². The molecular formula is C16H22N2O3. The maximum Gasteiger partial charge on any atom is 0.335 e. The van der Waals surface area contributed by atoms with Crippen LogP contribution in [0.3, 0.4) is 0 Å². The van der Waals surface area contributed by atoms with Crippen LogP contribution in [0.15, 0.2) is 18.2 Å². The Labute approximate surface area is 124 Å². The Bertz CT molecular complexity index is 520. The number of carboxylic acid groups (broad SMARTS) is 1. The van der Waals surface area contributed by atoms with E-state index in [0.29, 0.717) is 5.69 Å². The lowest BCUT2D eigenvalue weighted by Crippen LogP contribution is -2.24. The van der Waals surface area contributed by atoms with Crippen LogP contribution in [0.4, 0.5) is 11.4 Å². The molecule has 0 radical (unpaired) electrons. The van der Waals surface area contributed by atoms with Gasteiger partial charge < -0.3 is 16.2 Å². The molecule has 1 aromatic carbocycles. The van der Waals surface area contributed by atoms with Crippen molar-refractivity contribution in [2.24, 2.45) is 5.92 Å². The molecule has 1 aromatic rings. The number of anilines is 2. The van der Waals surface area contributed by atoms with Gasteiger partial charge >= 0.3 is 5.97 Å². The van der Waals surface area contributed by atoms with E-state index in [1.54, 1.807) is 6.07 Å². The first kappa shape index (κ1) is 15.4. The number of carbonyl (C=O) groups excluding carboxylic acids is 1. The van der Waals surface area contributed by atoms with Crippen molar-refractivity contribution >= 4 is 23.3 Å². The molecule has 5 heteroatoms. The summed E-state index contributed by atoms with van der Waals surface area (Å²) in [5, 5.41) is 11.7. The first-order valence-corrected chi connectivity index (χ1v) is 7.51. The average molecular weight is 290 g/mol. The largest absolute Gasteiger partial charge is 0.478 e. The van der Waals surface area contributed by atoms with Crippen molar-refractivity contribution < 1.29 is 14.7 Å². The molecule has 21 heavy (non-hydrogen) atoms. The Morgan fingerprint density at radius 3 is 2.29 bits per heavy atom. The SMILES string of the molecule is Nc1cc(C(=O)O)ccc1NC(=O)C1CCCCCCC1. The smallest absolute Gasteiger partial charge is 0.335 e. The van der Waals surface area contributed by atoms with E-state index in [4.69, 9.17) is 10.8 Å². The quantitative estimate of drug-likeness (QED) is 0.745. The second-order valence-corrected chi connectivity index (χ2v) is 5.64. The van der Waals surface area contributed by atoms with Crippen molar-refractivity contribution in [1.82, 2.24) is 0 Å². The van der Waals surface area contributed by atoms with Gasteiger partial charge in [0, 0.05) is 5.92 Å². The highest BCUT2D eigenvalue weighted by Gasteiger charge is 2.20. The van der Waals surface area contributed by atoms with E-state index in [2.05, 4.69) is 5.32 Å². The van der Waals surface area contributed by atoms with Gasteiger partial charge in [0.05, 0.1) is 16.9 Å². The zero-order valence-corrected chi connectivity index (χ0v) is 12.1. The van der Waals surface area contributed by atoms with Gasteiger partial charge in [-0.25, -0.2) is 4.79 Å². The van der Waals surface area contributed by atoms with Crippen molar-refractivity contribution in [1.29, 1.82) is 0 Å². The number of nitrogens with two attached hydrogens (primary N) is 1. The minimum absolute atomic E-state index is 0.00771. The summed E-state index contributed by atoms with van der Waals surface area (Å²) in [5.41, 5.74) is 6.72. The Balaban J connectivity index is 2.02. The summed E-state index contributed by atoms with van der Waals surface area (Å²) in [4.78, 5) is 23.2. The van der Waals surface area contributed by atoms with Gasteiger partial charge in [-0.1, -0.05) is 32.1 Å². The third kappa shape index (κ3) is 4.21. The third-order valence-electron chi connectivity index (χ3n) is 4.03. The van der Waals surface area contributed by atoms with Crippen LogP contribution in [-0.4, -0.2) is 17.0 Å². The minimum Gasteiger partial charge on any atom is -0.478 e. The van der Waals surface area contributed by atoms with Gasteiger partial charge in [-0.15, -0.1) is 0 Å². The predicted octanol–water partition coefficient (Wildman–Crippen LogP) is 3.27.